The zero-order valence-electron chi connectivity index (χ0n) is 7.34. The van der Waals surface area contributed by atoms with E-state index in [4.69, 9.17) is 5.41 Å². The van der Waals surface area contributed by atoms with Crippen LogP contribution in [-0.2, 0) is 14.3 Å². The summed E-state index contributed by atoms with van der Waals surface area (Å²) in [6, 6.07) is 0. The minimum atomic E-state index is -2.20. The number of alkyl halides is 2. The molecule has 1 N–H and O–H groups in total. The lowest BCUT2D eigenvalue weighted by atomic mass is 10.2. The Morgan fingerprint density at radius 3 is 2.46 bits per heavy atom. The highest BCUT2D eigenvalue weighted by Gasteiger charge is 2.26. The summed E-state index contributed by atoms with van der Waals surface area (Å²) in [6.07, 6.45) is -3.67. The summed E-state index contributed by atoms with van der Waals surface area (Å²) < 4.78 is 32.5. The molecule has 76 valence electrons. The van der Waals surface area contributed by atoms with Gasteiger partial charge < -0.3 is 14.9 Å². The third-order valence-corrected chi connectivity index (χ3v) is 1.21. The van der Waals surface area contributed by atoms with Crippen LogP contribution in [0.5, 0.6) is 0 Å². The van der Waals surface area contributed by atoms with Crippen LogP contribution in [0.1, 0.15) is 6.92 Å². The molecular formula is C7H11F2NO3. The molecule has 0 fully saturated rings. The van der Waals surface area contributed by atoms with Crippen molar-refractivity contribution in [3.63, 3.8) is 0 Å². The molecule has 13 heavy (non-hydrogen) atoms. The van der Waals surface area contributed by atoms with Crippen molar-refractivity contribution >= 4 is 11.7 Å². The van der Waals surface area contributed by atoms with Gasteiger partial charge in [-0.1, -0.05) is 0 Å². The fourth-order valence-electron chi connectivity index (χ4n) is 0.625. The topological polar surface area (TPSA) is 59.4 Å². The fraction of sp³-hybridized carbons (Fsp3) is 0.714. The zero-order valence-corrected chi connectivity index (χ0v) is 7.34. The van der Waals surface area contributed by atoms with Crippen LogP contribution in [0.25, 0.3) is 0 Å². The number of esters is 1. The van der Waals surface area contributed by atoms with E-state index in [2.05, 4.69) is 9.47 Å². The van der Waals surface area contributed by atoms with Crippen LogP contribution in [0.4, 0.5) is 8.78 Å². The van der Waals surface area contributed by atoms with Gasteiger partial charge >= 0.3 is 5.97 Å². The van der Waals surface area contributed by atoms with Crippen molar-refractivity contribution in [1.82, 2.24) is 0 Å². The summed E-state index contributed by atoms with van der Waals surface area (Å²) in [7, 11) is 1.07. The number of hydrogen-bond donors (Lipinski definition) is 1. The maximum Gasteiger partial charge on any atom is 0.341 e. The van der Waals surface area contributed by atoms with Crippen LogP contribution in [0, 0.1) is 5.41 Å². The lowest BCUT2D eigenvalue weighted by Gasteiger charge is -2.15. The van der Waals surface area contributed by atoms with Crippen molar-refractivity contribution in [2.75, 3.05) is 13.8 Å². The predicted octanol–water partition coefficient (Wildman–Crippen LogP) is 0.849. The van der Waals surface area contributed by atoms with Gasteiger partial charge in [0, 0.05) is 5.71 Å². The molecule has 2 atom stereocenters. The van der Waals surface area contributed by atoms with E-state index in [1.807, 2.05) is 0 Å². The van der Waals surface area contributed by atoms with E-state index < -0.39 is 25.1 Å². The number of rotatable bonds is 5. The average Bonchev–Trinajstić information content (AvgIpc) is 2.11. The van der Waals surface area contributed by atoms with Crippen LogP contribution >= 0.6 is 0 Å². The summed E-state index contributed by atoms with van der Waals surface area (Å²) in [4.78, 5) is 10.8. The standard InChI is InChI=1S/C7H11F2NO3/c1-4(10)6(7(11)12-2)13-5(9)3-8/h5-6,10H,3H2,1-2H3. The van der Waals surface area contributed by atoms with Crippen LogP contribution in [-0.4, -0.2) is 37.9 Å². The van der Waals surface area contributed by atoms with Crippen molar-refractivity contribution in [3.05, 3.63) is 0 Å². The summed E-state index contributed by atoms with van der Waals surface area (Å²) in [6.45, 7) is -0.118. The second-order valence-electron chi connectivity index (χ2n) is 2.29. The molecule has 2 unspecified atom stereocenters. The van der Waals surface area contributed by atoms with Crippen LogP contribution in [0.3, 0.4) is 0 Å². The molecule has 0 aliphatic rings. The molecule has 4 nitrogen and oxygen atoms in total. The molecule has 0 aliphatic carbocycles. The Morgan fingerprint density at radius 2 is 2.15 bits per heavy atom. The quantitative estimate of drug-likeness (QED) is 0.522. The largest absolute Gasteiger partial charge is 0.467 e. The van der Waals surface area contributed by atoms with Crippen molar-refractivity contribution in [3.8, 4) is 0 Å². The van der Waals surface area contributed by atoms with E-state index in [0.717, 1.165) is 7.11 Å². The molecule has 0 heterocycles. The van der Waals surface area contributed by atoms with Gasteiger partial charge in [-0.2, -0.15) is 0 Å². The van der Waals surface area contributed by atoms with E-state index in [1.54, 1.807) is 0 Å². The third kappa shape index (κ3) is 3.93. The van der Waals surface area contributed by atoms with Crippen molar-refractivity contribution in [2.24, 2.45) is 0 Å². The maximum absolute atomic E-state index is 12.3. The van der Waals surface area contributed by atoms with Gasteiger partial charge in [-0.15, -0.1) is 0 Å². The lowest BCUT2D eigenvalue weighted by Crippen LogP contribution is -2.35. The molecule has 0 rings (SSSR count). The Balaban J connectivity index is 4.26. The van der Waals surface area contributed by atoms with Gasteiger partial charge in [0.25, 0.3) is 0 Å². The SMILES string of the molecule is COC(=O)C(OC(F)CF)C(C)=N. The summed E-state index contributed by atoms with van der Waals surface area (Å²) in [5, 5.41) is 7.04. The first-order valence-corrected chi connectivity index (χ1v) is 3.51. The van der Waals surface area contributed by atoms with Gasteiger partial charge in [0.2, 0.25) is 6.36 Å². The lowest BCUT2D eigenvalue weighted by molar-refractivity contribution is -0.159. The van der Waals surface area contributed by atoms with Crippen LogP contribution in [0.2, 0.25) is 0 Å². The highest BCUT2D eigenvalue weighted by molar-refractivity contribution is 6.02. The minimum Gasteiger partial charge on any atom is -0.467 e. The van der Waals surface area contributed by atoms with E-state index in [-0.39, 0.29) is 5.71 Å². The molecule has 0 saturated carbocycles. The normalized spacial score (nSPS) is 14.8. The molecule has 0 aromatic carbocycles. The Hall–Kier alpha value is -1.04. The monoisotopic (exact) mass is 195 g/mol. The first-order chi connectivity index (χ1) is 6.02. The van der Waals surface area contributed by atoms with Gasteiger partial charge in [-0.3, -0.25) is 0 Å². The average molecular weight is 195 g/mol. The molecule has 0 aromatic rings. The molecule has 0 bridgehead atoms. The number of ether oxygens (including phenoxy) is 2. The van der Waals surface area contributed by atoms with E-state index in [0.29, 0.717) is 0 Å². The molecule has 0 radical (unpaired) electrons. The first kappa shape index (κ1) is 12.0. The molecular weight excluding hydrogens is 184 g/mol. The first-order valence-electron chi connectivity index (χ1n) is 3.51. The Bertz CT molecular complexity index is 198. The van der Waals surface area contributed by atoms with Crippen LogP contribution in [0.15, 0.2) is 0 Å². The number of carbonyl (C=O) groups is 1. The second-order valence-corrected chi connectivity index (χ2v) is 2.29. The predicted molar refractivity (Wildman–Crippen MR) is 41.2 cm³/mol. The minimum absolute atomic E-state index is 0.233. The highest BCUT2D eigenvalue weighted by atomic mass is 19.2. The summed E-state index contributed by atoms with van der Waals surface area (Å²) in [5.41, 5.74) is -0.233. The third-order valence-electron chi connectivity index (χ3n) is 1.21. The smallest absolute Gasteiger partial charge is 0.341 e. The molecule has 0 saturated heterocycles. The summed E-state index contributed by atoms with van der Waals surface area (Å²) in [5.74, 6) is -0.913. The van der Waals surface area contributed by atoms with E-state index in [9.17, 15) is 13.6 Å². The molecule has 0 aromatic heterocycles. The van der Waals surface area contributed by atoms with Crippen molar-refractivity contribution in [2.45, 2.75) is 19.4 Å². The molecule has 0 amide bonds. The number of nitrogens with one attached hydrogen (secondary N) is 1. The van der Waals surface area contributed by atoms with Gasteiger partial charge in [-0.05, 0) is 6.92 Å². The van der Waals surface area contributed by atoms with E-state index >= 15 is 0 Å². The Labute approximate surface area is 74.3 Å². The van der Waals surface area contributed by atoms with Crippen molar-refractivity contribution < 1.29 is 23.0 Å². The zero-order chi connectivity index (χ0) is 10.4. The summed E-state index contributed by atoms with van der Waals surface area (Å²) >= 11 is 0. The van der Waals surface area contributed by atoms with Gasteiger partial charge in [0.05, 0.1) is 7.11 Å². The fourth-order valence-corrected chi connectivity index (χ4v) is 0.625. The Morgan fingerprint density at radius 1 is 1.62 bits per heavy atom. The molecule has 6 heteroatoms. The number of hydrogen-bond acceptors (Lipinski definition) is 4. The van der Waals surface area contributed by atoms with Gasteiger partial charge in [-0.25, -0.2) is 13.6 Å². The molecule has 0 aliphatic heterocycles. The van der Waals surface area contributed by atoms with Gasteiger partial charge in [0.1, 0.15) is 6.67 Å². The van der Waals surface area contributed by atoms with Crippen molar-refractivity contribution in [1.29, 1.82) is 5.41 Å². The second kappa shape index (κ2) is 5.58. The molecule has 0 spiro atoms. The number of carbonyl (C=O) groups excluding carboxylic acids is 1. The number of halogens is 2. The van der Waals surface area contributed by atoms with Gasteiger partial charge in [0.15, 0.2) is 6.10 Å². The van der Waals surface area contributed by atoms with Crippen LogP contribution < -0.4 is 0 Å². The Kier molecular flexibility index (Phi) is 5.13. The van der Waals surface area contributed by atoms with E-state index in [1.165, 1.54) is 6.92 Å². The maximum atomic E-state index is 12.3. The number of methoxy groups -OCH3 is 1. The highest BCUT2D eigenvalue weighted by Crippen LogP contribution is 2.04.